The Kier molecular flexibility index (Phi) is 4.12. The van der Waals surface area contributed by atoms with Crippen molar-refractivity contribution >= 4 is 11.7 Å². The van der Waals surface area contributed by atoms with Crippen LogP contribution in [0.15, 0.2) is 42.9 Å². The summed E-state index contributed by atoms with van der Waals surface area (Å²) in [4.78, 5) is 19.5. The van der Waals surface area contributed by atoms with Crippen molar-refractivity contribution < 1.29 is 33.5 Å². The van der Waals surface area contributed by atoms with Crippen molar-refractivity contribution in [3.05, 3.63) is 54.1 Å². The Labute approximate surface area is 144 Å². The van der Waals surface area contributed by atoms with Crippen LogP contribution in [0.1, 0.15) is 34.8 Å². The standard InChI is InChI=1S/C16H13N3O3.Li/c20-15(21)14-13(9-18-16-17-6-7-19(14)16)22-12-3-1-2-11(8-12)10-4-5-10;/h1-3,6-10H,4-5H2,(H,20,21);/q;+1/p-1. The van der Waals surface area contributed by atoms with Gasteiger partial charge in [0.05, 0.1) is 12.2 Å². The van der Waals surface area contributed by atoms with Crippen LogP contribution in [0.4, 0.5) is 0 Å². The molecule has 2 aromatic heterocycles. The molecule has 1 aliphatic carbocycles. The van der Waals surface area contributed by atoms with Crippen LogP contribution < -0.4 is 28.7 Å². The topological polar surface area (TPSA) is 79.5 Å². The summed E-state index contributed by atoms with van der Waals surface area (Å²) >= 11 is 0. The Morgan fingerprint density at radius 2 is 2.13 bits per heavy atom. The van der Waals surface area contributed by atoms with E-state index in [1.165, 1.54) is 41.4 Å². The van der Waals surface area contributed by atoms with Crippen LogP contribution in [-0.4, -0.2) is 20.3 Å². The van der Waals surface area contributed by atoms with E-state index in [-0.39, 0.29) is 30.3 Å². The number of ether oxygens (including phenoxy) is 1. The van der Waals surface area contributed by atoms with Gasteiger partial charge in [-0.15, -0.1) is 0 Å². The van der Waals surface area contributed by atoms with E-state index in [1.54, 1.807) is 6.07 Å². The maximum absolute atomic E-state index is 11.4. The maximum atomic E-state index is 11.4. The smallest absolute Gasteiger partial charge is 0.543 e. The molecule has 110 valence electrons. The monoisotopic (exact) mass is 301 g/mol. The van der Waals surface area contributed by atoms with Gasteiger partial charge in [-0.25, -0.2) is 9.97 Å². The molecule has 23 heavy (non-hydrogen) atoms. The minimum atomic E-state index is -1.33. The number of carboxylic acids is 1. The van der Waals surface area contributed by atoms with Gasteiger partial charge >= 0.3 is 18.9 Å². The first-order valence-electron chi connectivity index (χ1n) is 7.03. The molecule has 0 radical (unpaired) electrons. The summed E-state index contributed by atoms with van der Waals surface area (Å²) in [6.07, 6.45) is 6.73. The third kappa shape index (κ3) is 2.96. The van der Waals surface area contributed by atoms with Crippen molar-refractivity contribution in [2.45, 2.75) is 18.8 Å². The van der Waals surface area contributed by atoms with Gasteiger partial charge in [0.15, 0.2) is 5.75 Å². The molecule has 4 rings (SSSR count). The average Bonchev–Trinajstić information content (AvgIpc) is 3.25. The number of fused-ring (bicyclic) bond motifs is 1. The summed E-state index contributed by atoms with van der Waals surface area (Å²) in [5, 5.41) is 11.4. The normalized spacial score (nSPS) is 13.6. The second-order valence-electron chi connectivity index (χ2n) is 5.30. The van der Waals surface area contributed by atoms with Crippen molar-refractivity contribution in [3.63, 3.8) is 0 Å². The first-order valence-corrected chi connectivity index (χ1v) is 7.03. The van der Waals surface area contributed by atoms with E-state index >= 15 is 0 Å². The number of carbonyl (C=O) groups excluding carboxylic acids is 1. The van der Waals surface area contributed by atoms with Crippen molar-refractivity contribution in [2.75, 3.05) is 0 Å². The number of nitrogens with zero attached hydrogens (tertiary/aromatic N) is 3. The van der Waals surface area contributed by atoms with Crippen molar-refractivity contribution in [1.82, 2.24) is 14.4 Å². The van der Waals surface area contributed by atoms with Gasteiger partial charge in [-0.1, -0.05) is 12.1 Å². The number of carbonyl (C=O) groups is 1. The Bertz CT molecular complexity index is 874. The Morgan fingerprint density at radius 3 is 2.87 bits per heavy atom. The fourth-order valence-electron chi connectivity index (χ4n) is 2.51. The number of benzene rings is 1. The van der Waals surface area contributed by atoms with E-state index in [2.05, 4.69) is 16.0 Å². The first-order chi connectivity index (χ1) is 10.7. The van der Waals surface area contributed by atoms with Gasteiger partial charge in [0.2, 0.25) is 5.78 Å². The molecule has 0 aliphatic heterocycles. The number of aromatic carboxylic acids is 1. The van der Waals surface area contributed by atoms with Crippen LogP contribution in [0.25, 0.3) is 5.78 Å². The van der Waals surface area contributed by atoms with Gasteiger partial charge < -0.3 is 14.6 Å². The van der Waals surface area contributed by atoms with Gasteiger partial charge in [0.1, 0.15) is 11.4 Å². The van der Waals surface area contributed by atoms with E-state index in [1.807, 2.05) is 12.1 Å². The Morgan fingerprint density at radius 1 is 1.30 bits per heavy atom. The number of aromatic nitrogens is 3. The Balaban J connectivity index is 0.00000156. The van der Waals surface area contributed by atoms with Crippen LogP contribution >= 0.6 is 0 Å². The summed E-state index contributed by atoms with van der Waals surface area (Å²) in [7, 11) is 0. The molecule has 1 aliphatic rings. The van der Waals surface area contributed by atoms with E-state index in [9.17, 15) is 9.90 Å². The van der Waals surface area contributed by atoms with Gasteiger partial charge in [0, 0.05) is 12.4 Å². The fourth-order valence-corrected chi connectivity index (χ4v) is 2.51. The van der Waals surface area contributed by atoms with Gasteiger partial charge in [-0.3, -0.25) is 4.40 Å². The second-order valence-corrected chi connectivity index (χ2v) is 5.30. The van der Waals surface area contributed by atoms with Crippen LogP contribution in [0.3, 0.4) is 0 Å². The molecule has 3 aromatic rings. The SMILES string of the molecule is O=C([O-])c1c(Oc2cccc(C3CC3)c2)cnc2nccn12.[Li+]. The predicted octanol–water partition coefficient (Wildman–Crippen LogP) is -1.23. The molecule has 1 fully saturated rings. The summed E-state index contributed by atoms with van der Waals surface area (Å²) < 4.78 is 7.08. The van der Waals surface area contributed by atoms with Crippen LogP contribution in [-0.2, 0) is 0 Å². The van der Waals surface area contributed by atoms with Gasteiger partial charge in [-0.05, 0) is 36.5 Å². The summed E-state index contributed by atoms with van der Waals surface area (Å²) in [6, 6.07) is 7.70. The molecular weight excluding hydrogens is 289 g/mol. The molecule has 0 unspecified atom stereocenters. The van der Waals surface area contributed by atoms with E-state index in [0.29, 0.717) is 17.4 Å². The van der Waals surface area contributed by atoms with E-state index in [0.717, 1.165) is 0 Å². The number of carboxylic acid groups (broad SMARTS) is 1. The fraction of sp³-hybridized carbons (Fsp3) is 0.188. The molecule has 0 atom stereocenters. The molecule has 7 heteroatoms. The molecule has 1 aromatic carbocycles. The van der Waals surface area contributed by atoms with E-state index < -0.39 is 5.97 Å². The molecule has 0 bridgehead atoms. The van der Waals surface area contributed by atoms with Crippen molar-refractivity contribution in [2.24, 2.45) is 0 Å². The minimum absolute atomic E-state index is 0. The van der Waals surface area contributed by atoms with Crippen LogP contribution in [0.2, 0.25) is 0 Å². The number of hydrogen-bond donors (Lipinski definition) is 0. The maximum Gasteiger partial charge on any atom is 1.00 e. The zero-order valence-electron chi connectivity index (χ0n) is 12.6. The molecule has 0 N–H and O–H groups in total. The summed E-state index contributed by atoms with van der Waals surface area (Å²) in [5.41, 5.74) is 1.11. The molecule has 2 heterocycles. The zero-order chi connectivity index (χ0) is 15.1. The van der Waals surface area contributed by atoms with Gasteiger partial charge in [-0.2, -0.15) is 0 Å². The molecule has 0 saturated heterocycles. The first kappa shape index (κ1) is 15.6. The molecule has 1 saturated carbocycles. The third-order valence-corrected chi connectivity index (χ3v) is 3.72. The van der Waals surface area contributed by atoms with E-state index in [4.69, 9.17) is 4.74 Å². The number of imidazole rings is 1. The molecule has 6 nitrogen and oxygen atoms in total. The molecular formula is C16H12LiN3O3. The van der Waals surface area contributed by atoms with Crippen LogP contribution in [0.5, 0.6) is 11.5 Å². The summed E-state index contributed by atoms with van der Waals surface area (Å²) in [5.74, 6) is 0.280. The largest absolute Gasteiger partial charge is 1.00 e. The van der Waals surface area contributed by atoms with Gasteiger partial charge in [0.25, 0.3) is 0 Å². The zero-order valence-corrected chi connectivity index (χ0v) is 12.6. The second kappa shape index (κ2) is 6.07. The predicted molar refractivity (Wildman–Crippen MR) is 75.8 cm³/mol. The summed E-state index contributed by atoms with van der Waals surface area (Å²) in [6.45, 7) is 0. The van der Waals surface area contributed by atoms with Crippen molar-refractivity contribution in [3.8, 4) is 11.5 Å². The Hall–Kier alpha value is -2.29. The average molecular weight is 301 g/mol. The number of rotatable bonds is 4. The molecule has 0 amide bonds. The van der Waals surface area contributed by atoms with Crippen LogP contribution in [0, 0.1) is 0 Å². The van der Waals surface area contributed by atoms with Crippen molar-refractivity contribution in [1.29, 1.82) is 0 Å². The third-order valence-electron chi connectivity index (χ3n) is 3.72. The molecule has 0 spiro atoms. The number of hydrogen-bond acceptors (Lipinski definition) is 5. The quantitative estimate of drug-likeness (QED) is 0.564. The minimum Gasteiger partial charge on any atom is -0.543 e.